The average Bonchev–Trinajstić information content (AvgIpc) is 2.60. The van der Waals surface area contributed by atoms with Gasteiger partial charge in [-0.1, -0.05) is 0 Å². The Morgan fingerprint density at radius 1 is 1.14 bits per heavy atom. The molecule has 1 saturated heterocycles. The Hall–Kier alpha value is -2.40. The average molecular weight is 431 g/mol. The van der Waals surface area contributed by atoms with Gasteiger partial charge in [-0.2, -0.15) is 9.29 Å². The maximum atomic E-state index is 12.9. The summed E-state index contributed by atoms with van der Waals surface area (Å²) in [6, 6.07) is 5.82. The van der Waals surface area contributed by atoms with Gasteiger partial charge in [-0.25, -0.2) is 13.4 Å². The lowest BCUT2D eigenvalue weighted by Gasteiger charge is -2.31. The molecule has 1 unspecified atom stereocenters. The standard InChI is InChI=1S/C18H20F3N3O4S/c1-12-10-17(23-13(2)22-12)27-15-4-3-9-24(11-15)29(25,26)16-7-5-14(6-8-16)28-18(19,20)21/h5-8,10,15H,3-4,9,11H2,1-2H3. The molecule has 0 aliphatic carbocycles. The van der Waals surface area contributed by atoms with Crippen LogP contribution in [0.25, 0.3) is 0 Å². The Balaban J connectivity index is 1.71. The highest BCUT2D eigenvalue weighted by Gasteiger charge is 2.33. The van der Waals surface area contributed by atoms with E-state index in [0.717, 1.165) is 30.0 Å². The number of sulfonamides is 1. The van der Waals surface area contributed by atoms with Crippen LogP contribution in [0.5, 0.6) is 11.6 Å². The first kappa shape index (κ1) is 21.3. The summed E-state index contributed by atoms with van der Waals surface area (Å²) in [6.07, 6.45) is -3.98. The predicted octanol–water partition coefficient (Wildman–Crippen LogP) is 3.22. The third kappa shape index (κ3) is 5.57. The molecule has 1 aromatic carbocycles. The first-order valence-corrected chi connectivity index (χ1v) is 10.3. The van der Waals surface area contributed by atoms with Gasteiger partial charge in [-0.3, -0.25) is 0 Å². The number of piperidine rings is 1. The van der Waals surface area contributed by atoms with Gasteiger partial charge < -0.3 is 9.47 Å². The molecule has 158 valence electrons. The first-order chi connectivity index (χ1) is 13.5. The molecule has 1 aliphatic heterocycles. The molecule has 3 rings (SSSR count). The predicted molar refractivity (Wildman–Crippen MR) is 97.0 cm³/mol. The zero-order valence-electron chi connectivity index (χ0n) is 15.8. The van der Waals surface area contributed by atoms with Crippen molar-refractivity contribution < 1.29 is 31.1 Å². The van der Waals surface area contributed by atoms with Crippen LogP contribution >= 0.6 is 0 Å². The van der Waals surface area contributed by atoms with Gasteiger partial charge in [0.1, 0.15) is 17.7 Å². The fraction of sp³-hybridized carbons (Fsp3) is 0.444. The summed E-state index contributed by atoms with van der Waals surface area (Å²) in [7, 11) is -3.88. The second kappa shape index (κ2) is 8.15. The van der Waals surface area contributed by atoms with E-state index in [0.29, 0.717) is 31.1 Å². The van der Waals surface area contributed by atoms with Crippen molar-refractivity contribution in [2.24, 2.45) is 0 Å². The van der Waals surface area contributed by atoms with Gasteiger partial charge in [0.15, 0.2) is 0 Å². The van der Waals surface area contributed by atoms with Gasteiger partial charge in [0.05, 0.1) is 11.4 Å². The summed E-state index contributed by atoms with van der Waals surface area (Å²) in [5, 5.41) is 0. The number of hydrogen-bond acceptors (Lipinski definition) is 6. The molecular weight excluding hydrogens is 411 g/mol. The van der Waals surface area contributed by atoms with Crippen molar-refractivity contribution >= 4 is 10.0 Å². The first-order valence-electron chi connectivity index (χ1n) is 8.88. The molecule has 0 saturated carbocycles. The van der Waals surface area contributed by atoms with Gasteiger partial charge in [-0.05, 0) is 51.0 Å². The number of nitrogens with zero attached hydrogens (tertiary/aromatic N) is 3. The van der Waals surface area contributed by atoms with Crippen LogP contribution in [-0.2, 0) is 10.0 Å². The molecule has 1 aromatic heterocycles. The molecule has 0 amide bonds. The molecular formula is C18H20F3N3O4S. The molecule has 29 heavy (non-hydrogen) atoms. The smallest absolute Gasteiger partial charge is 0.473 e. The van der Waals surface area contributed by atoms with E-state index in [2.05, 4.69) is 14.7 Å². The molecule has 7 nitrogen and oxygen atoms in total. The number of alkyl halides is 3. The summed E-state index contributed by atoms with van der Waals surface area (Å²) in [4.78, 5) is 8.27. The molecule has 2 heterocycles. The summed E-state index contributed by atoms with van der Waals surface area (Å²) >= 11 is 0. The molecule has 0 spiro atoms. The van der Waals surface area contributed by atoms with E-state index in [-0.39, 0.29) is 17.5 Å². The number of benzene rings is 1. The SMILES string of the molecule is Cc1cc(OC2CCCN(S(=O)(=O)c3ccc(OC(F)(F)F)cc3)C2)nc(C)n1. The van der Waals surface area contributed by atoms with Gasteiger partial charge in [0, 0.05) is 18.3 Å². The highest BCUT2D eigenvalue weighted by Crippen LogP contribution is 2.27. The fourth-order valence-corrected chi connectivity index (χ4v) is 4.61. The number of ether oxygens (including phenoxy) is 2. The topological polar surface area (TPSA) is 81.6 Å². The maximum absolute atomic E-state index is 12.9. The highest BCUT2D eigenvalue weighted by molar-refractivity contribution is 7.89. The van der Waals surface area contributed by atoms with Gasteiger partial charge in [-0.15, -0.1) is 13.2 Å². The summed E-state index contributed by atoms with van der Waals surface area (Å²) in [5.41, 5.74) is 0.744. The molecule has 1 fully saturated rings. The minimum Gasteiger partial charge on any atom is -0.473 e. The van der Waals surface area contributed by atoms with E-state index in [9.17, 15) is 21.6 Å². The van der Waals surface area contributed by atoms with Crippen LogP contribution in [0, 0.1) is 13.8 Å². The van der Waals surface area contributed by atoms with Crippen molar-refractivity contribution in [3.8, 4) is 11.6 Å². The van der Waals surface area contributed by atoms with E-state index in [1.807, 2.05) is 6.92 Å². The molecule has 1 atom stereocenters. The largest absolute Gasteiger partial charge is 0.573 e. The van der Waals surface area contributed by atoms with Crippen molar-refractivity contribution in [3.63, 3.8) is 0 Å². The van der Waals surface area contributed by atoms with E-state index < -0.39 is 22.1 Å². The number of aryl methyl sites for hydroxylation is 2. The quantitative estimate of drug-likeness (QED) is 0.723. The monoisotopic (exact) mass is 431 g/mol. The lowest BCUT2D eigenvalue weighted by molar-refractivity contribution is -0.274. The van der Waals surface area contributed by atoms with Crippen LogP contribution in [0.15, 0.2) is 35.2 Å². The van der Waals surface area contributed by atoms with Gasteiger partial charge in [0.2, 0.25) is 15.9 Å². The van der Waals surface area contributed by atoms with Crippen LogP contribution in [0.3, 0.4) is 0 Å². The number of hydrogen-bond donors (Lipinski definition) is 0. The third-order valence-corrected chi connectivity index (χ3v) is 6.15. The minimum absolute atomic E-state index is 0.110. The zero-order chi connectivity index (χ0) is 21.2. The summed E-state index contributed by atoms with van der Waals surface area (Å²) in [5.74, 6) is 0.458. The fourth-order valence-electron chi connectivity index (χ4n) is 3.10. The maximum Gasteiger partial charge on any atom is 0.573 e. The van der Waals surface area contributed by atoms with E-state index >= 15 is 0 Å². The lowest BCUT2D eigenvalue weighted by atomic mass is 10.1. The van der Waals surface area contributed by atoms with Gasteiger partial charge in [0.25, 0.3) is 0 Å². The normalized spacial score (nSPS) is 18.4. The minimum atomic E-state index is -4.84. The van der Waals surface area contributed by atoms with Crippen molar-refractivity contribution in [1.82, 2.24) is 14.3 Å². The molecule has 0 bridgehead atoms. The Kier molecular flexibility index (Phi) is 5.99. The van der Waals surface area contributed by atoms with Crippen molar-refractivity contribution in [3.05, 3.63) is 41.9 Å². The van der Waals surface area contributed by atoms with Gasteiger partial charge >= 0.3 is 6.36 Å². The second-order valence-electron chi connectivity index (χ2n) is 6.66. The lowest BCUT2D eigenvalue weighted by Crippen LogP contribution is -2.44. The molecule has 2 aromatic rings. The van der Waals surface area contributed by atoms with Crippen LogP contribution in [0.4, 0.5) is 13.2 Å². The molecule has 0 radical (unpaired) electrons. The Morgan fingerprint density at radius 3 is 2.45 bits per heavy atom. The van der Waals surface area contributed by atoms with Crippen LogP contribution in [0.2, 0.25) is 0 Å². The van der Waals surface area contributed by atoms with Crippen molar-refractivity contribution in [1.29, 1.82) is 0 Å². The Bertz CT molecular complexity index is 945. The van der Waals surface area contributed by atoms with Crippen LogP contribution in [0.1, 0.15) is 24.4 Å². The number of rotatable bonds is 5. The van der Waals surface area contributed by atoms with Crippen LogP contribution in [-0.4, -0.2) is 48.2 Å². The molecule has 1 aliphatic rings. The highest BCUT2D eigenvalue weighted by atomic mass is 32.2. The van der Waals surface area contributed by atoms with E-state index in [1.165, 1.54) is 4.31 Å². The van der Waals surface area contributed by atoms with E-state index in [4.69, 9.17) is 4.74 Å². The number of halogens is 3. The number of aromatic nitrogens is 2. The van der Waals surface area contributed by atoms with Crippen molar-refractivity contribution in [2.75, 3.05) is 13.1 Å². The second-order valence-corrected chi connectivity index (χ2v) is 8.60. The molecule has 11 heteroatoms. The zero-order valence-corrected chi connectivity index (χ0v) is 16.6. The van der Waals surface area contributed by atoms with Crippen LogP contribution < -0.4 is 9.47 Å². The third-order valence-electron chi connectivity index (χ3n) is 4.27. The van der Waals surface area contributed by atoms with Crippen molar-refractivity contribution in [2.45, 2.75) is 44.1 Å². The molecule has 0 N–H and O–H groups in total. The Labute approximate surface area is 166 Å². The summed E-state index contributed by atoms with van der Waals surface area (Å²) in [6.45, 7) is 3.96. The Morgan fingerprint density at radius 2 is 1.83 bits per heavy atom. The van der Waals surface area contributed by atoms with E-state index in [1.54, 1.807) is 13.0 Å². The summed E-state index contributed by atoms with van der Waals surface area (Å²) < 4.78 is 73.4.